The zero-order valence-electron chi connectivity index (χ0n) is 17.8. The number of hydrogen-bond acceptors (Lipinski definition) is 5. The number of carbonyl (C=O) groups is 1. The molecule has 1 aliphatic rings. The zero-order chi connectivity index (χ0) is 21.2. The van der Waals surface area contributed by atoms with Gasteiger partial charge in [0, 0.05) is 18.0 Å². The van der Waals surface area contributed by atoms with Crippen LogP contribution in [-0.2, 0) is 11.2 Å². The van der Waals surface area contributed by atoms with Crippen molar-refractivity contribution < 1.29 is 19.4 Å². The molecular weight excluding hydrogens is 368 g/mol. The summed E-state index contributed by atoms with van der Waals surface area (Å²) in [6.07, 6.45) is 4.34. The van der Waals surface area contributed by atoms with Gasteiger partial charge in [0.15, 0.2) is 17.2 Å². The van der Waals surface area contributed by atoms with Gasteiger partial charge in [0.2, 0.25) is 0 Å². The Morgan fingerprint density at radius 2 is 1.93 bits per heavy atom. The van der Waals surface area contributed by atoms with E-state index in [-0.39, 0.29) is 28.4 Å². The number of nitrogens with zero attached hydrogens (tertiary/aromatic N) is 1. The Morgan fingerprint density at radius 1 is 1.24 bits per heavy atom. The highest BCUT2D eigenvalue weighted by atomic mass is 16.5. The molecule has 0 bridgehead atoms. The maximum absolute atomic E-state index is 12.6. The highest BCUT2D eigenvalue weighted by Gasteiger charge is 2.39. The highest BCUT2D eigenvalue weighted by Crippen LogP contribution is 2.40. The lowest BCUT2D eigenvalue weighted by Crippen LogP contribution is -2.45. The Labute approximate surface area is 172 Å². The minimum Gasteiger partial charge on any atom is -0.503 e. The molecule has 1 aromatic carbocycles. The summed E-state index contributed by atoms with van der Waals surface area (Å²) in [6, 6.07) is 9.32. The predicted octanol–water partition coefficient (Wildman–Crippen LogP) is 4.57. The van der Waals surface area contributed by atoms with E-state index in [9.17, 15) is 9.90 Å². The van der Waals surface area contributed by atoms with Crippen molar-refractivity contribution >= 4 is 11.6 Å². The van der Waals surface area contributed by atoms with Gasteiger partial charge in [0.1, 0.15) is 0 Å². The third-order valence-corrected chi connectivity index (χ3v) is 5.14. The molecule has 1 aromatic heterocycles. The second-order valence-electron chi connectivity index (χ2n) is 8.96. The number of benzene rings is 1. The van der Waals surface area contributed by atoms with E-state index >= 15 is 0 Å². The molecule has 1 amide bonds. The zero-order valence-corrected chi connectivity index (χ0v) is 17.8. The van der Waals surface area contributed by atoms with Crippen LogP contribution >= 0.6 is 0 Å². The van der Waals surface area contributed by atoms with E-state index < -0.39 is 5.91 Å². The number of amides is 1. The maximum atomic E-state index is 12.6. The first kappa shape index (κ1) is 21.1. The number of methoxy groups -OCH3 is 1. The maximum Gasteiger partial charge on any atom is 0.278 e. The fraction of sp³-hybridized carbons (Fsp3) is 0.478. The molecule has 0 radical (unpaired) electrons. The Balaban J connectivity index is 1.72. The van der Waals surface area contributed by atoms with Crippen LogP contribution in [0.2, 0.25) is 0 Å². The summed E-state index contributed by atoms with van der Waals surface area (Å²) < 4.78 is 11.2. The van der Waals surface area contributed by atoms with E-state index in [0.29, 0.717) is 11.6 Å². The van der Waals surface area contributed by atoms with Gasteiger partial charge in [0.25, 0.3) is 5.91 Å². The van der Waals surface area contributed by atoms with Crippen LogP contribution < -0.4 is 10.1 Å². The Bertz CT molecular complexity index is 876. The Morgan fingerprint density at radius 3 is 2.59 bits per heavy atom. The van der Waals surface area contributed by atoms with Crippen LogP contribution in [0.1, 0.15) is 56.6 Å². The quantitative estimate of drug-likeness (QED) is 0.771. The lowest BCUT2D eigenvalue weighted by atomic mass is 9.78. The highest BCUT2D eigenvalue weighted by molar-refractivity contribution is 6.05. The van der Waals surface area contributed by atoms with Crippen LogP contribution in [0.4, 0.5) is 5.69 Å². The van der Waals surface area contributed by atoms with Crippen LogP contribution in [-0.4, -0.2) is 34.3 Å². The summed E-state index contributed by atoms with van der Waals surface area (Å²) in [5.41, 5.74) is 1.47. The predicted molar refractivity (Wildman–Crippen MR) is 113 cm³/mol. The molecule has 0 spiro atoms. The van der Waals surface area contributed by atoms with Gasteiger partial charge in [-0.15, -0.1) is 0 Å². The number of anilines is 1. The molecule has 2 N–H and O–H groups in total. The van der Waals surface area contributed by atoms with Crippen LogP contribution in [0.25, 0.3) is 0 Å². The fourth-order valence-electron chi connectivity index (χ4n) is 4.51. The SMILES string of the molecule is COc1ccnc(C(=O)Nc2cccc(CC3CC(C)(C)OC(C)(C)C3)c2)c1O. The van der Waals surface area contributed by atoms with Crippen molar-refractivity contribution in [3.05, 3.63) is 47.8 Å². The van der Waals surface area contributed by atoms with Crippen LogP contribution in [0.5, 0.6) is 11.5 Å². The number of aromatic nitrogens is 1. The molecular formula is C23H30N2O4. The van der Waals surface area contributed by atoms with Crippen molar-refractivity contribution in [3.8, 4) is 11.5 Å². The van der Waals surface area contributed by atoms with E-state index in [2.05, 4.69) is 44.1 Å². The van der Waals surface area contributed by atoms with Gasteiger partial charge >= 0.3 is 0 Å². The first-order chi connectivity index (χ1) is 13.6. The molecule has 0 aliphatic carbocycles. The Hall–Kier alpha value is -2.60. The third kappa shape index (κ3) is 5.26. The lowest BCUT2D eigenvalue weighted by molar-refractivity contribution is -0.172. The number of ether oxygens (including phenoxy) is 2. The summed E-state index contributed by atoms with van der Waals surface area (Å²) in [5, 5.41) is 13.0. The summed E-state index contributed by atoms with van der Waals surface area (Å²) in [4.78, 5) is 16.5. The standard InChI is InChI=1S/C23H30N2O4/c1-22(2)13-16(14-23(3,4)29-22)11-15-7-6-8-17(12-15)25-21(27)19-20(26)18(28-5)9-10-24-19/h6-10,12,16,26H,11,13-14H2,1-5H3,(H,25,27). The topological polar surface area (TPSA) is 80.7 Å². The average molecular weight is 399 g/mol. The number of carbonyl (C=O) groups excluding carboxylic acids is 1. The van der Waals surface area contributed by atoms with Crippen molar-refractivity contribution in [3.63, 3.8) is 0 Å². The first-order valence-electron chi connectivity index (χ1n) is 9.91. The van der Waals surface area contributed by atoms with Crippen molar-refractivity contribution in [2.24, 2.45) is 5.92 Å². The van der Waals surface area contributed by atoms with Gasteiger partial charge in [-0.05, 0) is 70.6 Å². The molecule has 0 atom stereocenters. The van der Waals surface area contributed by atoms with Crippen molar-refractivity contribution in [1.82, 2.24) is 4.98 Å². The fourth-order valence-corrected chi connectivity index (χ4v) is 4.51. The van der Waals surface area contributed by atoms with Crippen molar-refractivity contribution in [2.75, 3.05) is 12.4 Å². The second-order valence-corrected chi connectivity index (χ2v) is 8.96. The molecule has 1 fully saturated rings. The largest absolute Gasteiger partial charge is 0.503 e. The average Bonchev–Trinajstić information content (AvgIpc) is 2.59. The minimum absolute atomic E-state index is 0.0670. The van der Waals surface area contributed by atoms with Crippen molar-refractivity contribution in [2.45, 2.75) is 58.2 Å². The molecule has 0 unspecified atom stereocenters. The molecule has 0 saturated carbocycles. The summed E-state index contributed by atoms with van der Waals surface area (Å²) in [5.74, 6) is -0.0327. The van der Waals surface area contributed by atoms with Gasteiger partial charge in [-0.2, -0.15) is 0 Å². The molecule has 1 aliphatic heterocycles. The number of aromatic hydroxyl groups is 1. The molecule has 156 valence electrons. The number of hydrogen-bond donors (Lipinski definition) is 2. The third-order valence-electron chi connectivity index (χ3n) is 5.14. The molecule has 2 aromatic rings. The lowest BCUT2D eigenvalue weighted by Gasteiger charge is -2.45. The molecule has 6 heteroatoms. The van der Waals surface area contributed by atoms with Crippen molar-refractivity contribution in [1.29, 1.82) is 0 Å². The summed E-state index contributed by atoms with van der Waals surface area (Å²) in [7, 11) is 1.43. The number of pyridine rings is 1. The van der Waals surface area contributed by atoms with E-state index in [1.165, 1.54) is 19.4 Å². The smallest absolute Gasteiger partial charge is 0.278 e. The molecule has 2 heterocycles. The second kappa shape index (κ2) is 8.03. The number of rotatable bonds is 5. The number of nitrogens with one attached hydrogen (secondary N) is 1. The van der Waals surface area contributed by atoms with Gasteiger partial charge in [0.05, 0.1) is 18.3 Å². The van der Waals surface area contributed by atoms with Crippen LogP contribution in [0, 0.1) is 5.92 Å². The summed E-state index contributed by atoms with van der Waals surface area (Å²) in [6.45, 7) is 8.58. The normalized spacial score (nSPS) is 18.2. The van der Waals surface area contributed by atoms with Crippen LogP contribution in [0.15, 0.2) is 36.5 Å². The van der Waals surface area contributed by atoms with Gasteiger partial charge in [-0.25, -0.2) is 4.98 Å². The first-order valence-corrected chi connectivity index (χ1v) is 9.91. The van der Waals surface area contributed by atoms with Gasteiger partial charge in [-0.3, -0.25) is 4.79 Å². The molecule has 29 heavy (non-hydrogen) atoms. The van der Waals surface area contributed by atoms with E-state index in [1.54, 1.807) is 0 Å². The molecule has 6 nitrogen and oxygen atoms in total. The minimum atomic E-state index is -0.480. The Kier molecular flexibility index (Phi) is 5.85. The van der Waals surface area contributed by atoms with Crippen LogP contribution in [0.3, 0.4) is 0 Å². The van der Waals surface area contributed by atoms with Gasteiger partial charge < -0.3 is 19.9 Å². The molecule has 1 saturated heterocycles. The molecule has 3 rings (SSSR count). The monoisotopic (exact) mass is 398 g/mol. The van der Waals surface area contributed by atoms with E-state index in [0.717, 1.165) is 24.8 Å². The van der Waals surface area contributed by atoms with E-state index in [4.69, 9.17) is 9.47 Å². The van der Waals surface area contributed by atoms with E-state index in [1.807, 2.05) is 18.2 Å². The van der Waals surface area contributed by atoms with Gasteiger partial charge in [-0.1, -0.05) is 12.1 Å². The summed E-state index contributed by atoms with van der Waals surface area (Å²) >= 11 is 0.